The number of carbonyl (C=O) groups excluding carboxylic acids is 2. The van der Waals surface area contributed by atoms with Gasteiger partial charge in [0.05, 0.1) is 12.2 Å². The molecule has 0 radical (unpaired) electrons. The van der Waals surface area contributed by atoms with Gasteiger partial charge in [-0.3, -0.25) is 4.79 Å². The molecule has 0 unspecified atom stereocenters. The molecule has 1 aromatic rings. The van der Waals surface area contributed by atoms with Crippen LogP contribution in [0.1, 0.15) is 47.5 Å². The summed E-state index contributed by atoms with van der Waals surface area (Å²) >= 11 is 1.37. The Labute approximate surface area is 138 Å². The Morgan fingerprint density at radius 3 is 2.65 bits per heavy atom. The number of aryl methyl sites for hydroxylation is 1. The molecule has 2 N–H and O–H groups in total. The van der Waals surface area contributed by atoms with Crippen molar-refractivity contribution in [3.05, 3.63) is 27.7 Å². The van der Waals surface area contributed by atoms with E-state index in [9.17, 15) is 14.4 Å². The van der Waals surface area contributed by atoms with Crippen molar-refractivity contribution in [3.63, 3.8) is 0 Å². The summed E-state index contributed by atoms with van der Waals surface area (Å²) in [5, 5.41) is 11.8. The molecule has 1 amide bonds. The number of nitrogens with one attached hydrogen (secondary N) is 1. The Morgan fingerprint density at radius 2 is 2.00 bits per heavy atom. The van der Waals surface area contributed by atoms with Gasteiger partial charge in [-0.2, -0.15) is 0 Å². The van der Waals surface area contributed by atoms with E-state index in [0.717, 1.165) is 42.2 Å². The van der Waals surface area contributed by atoms with E-state index in [-0.39, 0.29) is 12.2 Å². The Hall–Kier alpha value is -2.15. The maximum atomic E-state index is 12.3. The number of carboxylic acid groups (broad SMARTS) is 1. The minimum atomic E-state index is -1.19. The Balaban J connectivity index is 2.34. The second-order valence-corrected chi connectivity index (χ2v) is 6.36. The van der Waals surface area contributed by atoms with E-state index in [1.165, 1.54) is 18.3 Å². The van der Waals surface area contributed by atoms with Crippen molar-refractivity contribution in [3.8, 4) is 0 Å². The van der Waals surface area contributed by atoms with Crippen LogP contribution in [0.25, 0.3) is 0 Å². The third-order valence-electron chi connectivity index (χ3n) is 3.58. The lowest BCUT2D eigenvalue weighted by Crippen LogP contribution is -2.16. The number of esters is 1. The van der Waals surface area contributed by atoms with Crippen LogP contribution in [0.4, 0.5) is 5.00 Å². The first-order valence-electron chi connectivity index (χ1n) is 7.48. The lowest BCUT2D eigenvalue weighted by molar-refractivity contribution is -0.131. The SMILES string of the molecule is CCOC(=O)c1c(NC(=O)C(C)=CC(=O)O)sc2c1CCCC2. The van der Waals surface area contributed by atoms with Crippen molar-refractivity contribution in [1.29, 1.82) is 0 Å². The third-order valence-corrected chi connectivity index (χ3v) is 4.78. The van der Waals surface area contributed by atoms with Crippen LogP contribution >= 0.6 is 11.3 Å². The van der Waals surface area contributed by atoms with Gasteiger partial charge in [0.1, 0.15) is 5.00 Å². The molecule has 6 nitrogen and oxygen atoms in total. The van der Waals surface area contributed by atoms with Gasteiger partial charge in [0.2, 0.25) is 0 Å². The number of hydrogen-bond acceptors (Lipinski definition) is 5. The van der Waals surface area contributed by atoms with Crippen molar-refractivity contribution >= 4 is 34.2 Å². The first-order valence-corrected chi connectivity index (χ1v) is 8.30. The van der Waals surface area contributed by atoms with Gasteiger partial charge in [-0.05, 0) is 45.1 Å². The number of carbonyl (C=O) groups is 3. The fraction of sp³-hybridized carbons (Fsp3) is 0.438. The van der Waals surface area contributed by atoms with Crippen LogP contribution in [0.15, 0.2) is 11.6 Å². The Kier molecular flexibility index (Phi) is 5.54. The summed E-state index contributed by atoms with van der Waals surface area (Å²) in [6, 6.07) is 0. The van der Waals surface area contributed by atoms with Crippen LogP contribution in [0, 0.1) is 0 Å². The summed E-state index contributed by atoms with van der Waals surface area (Å²) in [5.74, 6) is -2.16. The number of anilines is 1. The minimum absolute atomic E-state index is 0.0682. The zero-order valence-corrected chi connectivity index (χ0v) is 13.9. The molecule has 0 fully saturated rings. The molecule has 124 valence electrons. The van der Waals surface area contributed by atoms with Crippen LogP contribution in [0.3, 0.4) is 0 Å². The highest BCUT2D eigenvalue weighted by Gasteiger charge is 2.27. The fourth-order valence-corrected chi connectivity index (χ4v) is 3.80. The predicted molar refractivity (Wildman–Crippen MR) is 86.9 cm³/mol. The van der Waals surface area contributed by atoms with Gasteiger partial charge >= 0.3 is 11.9 Å². The summed E-state index contributed by atoms with van der Waals surface area (Å²) in [5.41, 5.74) is 1.44. The van der Waals surface area contributed by atoms with E-state index in [2.05, 4.69) is 5.32 Å². The van der Waals surface area contributed by atoms with Crippen molar-refractivity contribution < 1.29 is 24.2 Å². The van der Waals surface area contributed by atoms with E-state index in [1.807, 2.05) is 0 Å². The number of rotatable bonds is 5. The standard InChI is InChI=1S/C16H19NO5S/c1-3-22-16(21)13-10-6-4-5-7-11(10)23-15(13)17-14(20)9(2)8-12(18)19/h8H,3-7H2,1-2H3,(H,17,20)(H,18,19). The van der Waals surface area contributed by atoms with Gasteiger partial charge in [0.25, 0.3) is 5.91 Å². The molecule has 0 spiro atoms. The molecule has 1 aliphatic carbocycles. The van der Waals surface area contributed by atoms with E-state index in [1.54, 1.807) is 6.92 Å². The molecule has 0 saturated heterocycles. The molecule has 1 aliphatic rings. The fourth-order valence-electron chi connectivity index (χ4n) is 2.53. The average molecular weight is 337 g/mol. The van der Waals surface area contributed by atoms with E-state index in [4.69, 9.17) is 9.84 Å². The average Bonchev–Trinajstić information content (AvgIpc) is 2.84. The summed E-state index contributed by atoms with van der Waals surface area (Å²) in [4.78, 5) is 36.1. The zero-order chi connectivity index (χ0) is 17.0. The largest absolute Gasteiger partial charge is 0.478 e. The molecule has 0 aromatic carbocycles. The third kappa shape index (κ3) is 3.98. The highest BCUT2D eigenvalue weighted by atomic mass is 32.1. The molecular weight excluding hydrogens is 318 g/mol. The lowest BCUT2D eigenvalue weighted by Gasteiger charge is -2.12. The molecule has 7 heteroatoms. The quantitative estimate of drug-likeness (QED) is 0.636. The number of ether oxygens (including phenoxy) is 1. The smallest absolute Gasteiger partial charge is 0.341 e. The highest BCUT2D eigenvalue weighted by Crippen LogP contribution is 2.38. The minimum Gasteiger partial charge on any atom is -0.478 e. The monoisotopic (exact) mass is 337 g/mol. The lowest BCUT2D eigenvalue weighted by atomic mass is 9.95. The van der Waals surface area contributed by atoms with Gasteiger partial charge in [-0.25, -0.2) is 9.59 Å². The molecule has 1 heterocycles. The number of hydrogen-bond donors (Lipinski definition) is 2. The van der Waals surface area contributed by atoms with Crippen LogP contribution in [0.2, 0.25) is 0 Å². The molecule has 23 heavy (non-hydrogen) atoms. The highest BCUT2D eigenvalue weighted by molar-refractivity contribution is 7.17. The molecule has 0 bridgehead atoms. The predicted octanol–water partition coefficient (Wildman–Crippen LogP) is 2.77. The number of thiophene rings is 1. The van der Waals surface area contributed by atoms with Crippen LogP contribution in [0.5, 0.6) is 0 Å². The molecule has 1 aromatic heterocycles. The van der Waals surface area contributed by atoms with Gasteiger partial charge < -0.3 is 15.2 Å². The van der Waals surface area contributed by atoms with Crippen molar-refractivity contribution in [2.24, 2.45) is 0 Å². The van der Waals surface area contributed by atoms with Gasteiger partial charge in [0.15, 0.2) is 0 Å². The normalized spacial score (nSPS) is 14.1. The second kappa shape index (κ2) is 7.41. The van der Waals surface area contributed by atoms with Crippen LogP contribution in [-0.4, -0.2) is 29.6 Å². The first kappa shape index (κ1) is 17.2. The maximum Gasteiger partial charge on any atom is 0.341 e. The van der Waals surface area contributed by atoms with Crippen molar-refractivity contribution in [1.82, 2.24) is 0 Å². The Morgan fingerprint density at radius 1 is 1.30 bits per heavy atom. The summed E-state index contributed by atoms with van der Waals surface area (Å²) in [7, 11) is 0. The second-order valence-electron chi connectivity index (χ2n) is 5.26. The van der Waals surface area contributed by atoms with Crippen LogP contribution in [-0.2, 0) is 27.2 Å². The molecular formula is C16H19NO5S. The van der Waals surface area contributed by atoms with E-state index >= 15 is 0 Å². The Bertz CT molecular complexity index is 674. The number of amides is 1. The topological polar surface area (TPSA) is 92.7 Å². The summed E-state index contributed by atoms with van der Waals surface area (Å²) in [6.07, 6.45) is 4.57. The van der Waals surface area contributed by atoms with Gasteiger partial charge in [0, 0.05) is 16.5 Å². The maximum absolute atomic E-state index is 12.3. The number of aliphatic carboxylic acids is 1. The van der Waals surface area contributed by atoms with Gasteiger partial charge in [-0.1, -0.05) is 0 Å². The first-order chi connectivity index (χ1) is 10.9. The summed E-state index contributed by atoms with van der Waals surface area (Å²) < 4.78 is 5.11. The molecule has 2 rings (SSSR count). The summed E-state index contributed by atoms with van der Waals surface area (Å²) in [6.45, 7) is 3.41. The van der Waals surface area contributed by atoms with Crippen molar-refractivity contribution in [2.75, 3.05) is 11.9 Å². The van der Waals surface area contributed by atoms with Crippen molar-refractivity contribution in [2.45, 2.75) is 39.5 Å². The zero-order valence-electron chi connectivity index (χ0n) is 13.1. The van der Waals surface area contributed by atoms with E-state index < -0.39 is 17.8 Å². The number of carboxylic acids is 1. The molecule has 0 atom stereocenters. The van der Waals surface area contributed by atoms with Gasteiger partial charge in [-0.15, -0.1) is 11.3 Å². The molecule has 0 aliphatic heterocycles. The number of fused-ring (bicyclic) bond motifs is 1. The molecule has 0 saturated carbocycles. The van der Waals surface area contributed by atoms with E-state index in [0.29, 0.717) is 10.6 Å². The van der Waals surface area contributed by atoms with Crippen LogP contribution < -0.4 is 5.32 Å².